The van der Waals surface area contributed by atoms with Crippen molar-refractivity contribution in [3.8, 4) is 5.75 Å². The van der Waals surface area contributed by atoms with Gasteiger partial charge in [-0.3, -0.25) is 29.0 Å². The van der Waals surface area contributed by atoms with E-state index in [1.54, 1.807) is 36.7 Å². The second-order valence-corrected chi connectivity index (χ2v) is 12.2. The van der Waals surface area contributed by atoms with E-state index in [2.05, 4.69) is 31.6 Å². The fourth-order valence-electron chi connectivity index (χ4n) is 5.65. The van der Waals surface area contributed by atoms with Crippen LogP contribution in [0.3, 0.4) is 0 Å². The van der Waals surface area contributed by atoms with Crippen LogP contribution in [0.5, 0.6) is 5.75 Å². The molecule has 0 saturated heterocycles. The number of carbonyl (C=O) groups is 5. The summed E-state index contributed by atoms with van der Waals surface area (Å²) in [5.74, 6) is -2.48. The minimum Gasteiger partial charge on any atom is -0.493 e. The van der Waals surface area contributed by atoms with Gasteiger partial charge in [0.15, 0.2) is 0 Å². The largest absolute Gasteiger partial charge is 0.493 e. The van der Waals surface area contributed by atoms with Crippen molar-refractivity contribution >= 4 is 29.5 Å². The first-order valence-electron chi connectivity index (χ1n) is 17.0. The molecule has 12 nitrogen and oxygen atoms in total. The SMILES string of the molecule is O=C1C[C@@H](C(=O)NCCc2ccncc2)NC(=O)c2ccccc2OCCCNC(=O)[C@H](Cc2ccccc2)NC(=O)[C@H](Cc2ccccc2)N1. The normalized spacial score (nSPS) is 19.0. The van der Waals surface area contributed by atoms with Gasteiger partial charge < -0.3 is 31.3 Å². The predicted molar refractivity (Wildman–Crippen MR) is 191 cm³/mol. The van der Waals surface area contributed by atoms with Crippen molar-refractivity contribution in [2.45, 2.75) is 50.2 Å². The van der Waals surface area contributed by atoms with Crippen molar-refractivity contribution in [3.63, 3.8) is 0 Å². The number of carbonyl (C=O) groups excluding carboxylic acids is 5. The van der Waals surface area contributed by atoms with Crippen molar-refractivity contribution in [3.05, 3.63) is 132 Å². The van der Waals surface area contributed by atoms with Crippen LogP contribution in [0.2, 0.25) is 0 Å². The Morgan fingerprint density at radius 1 is 0.725 bits per heavy atom. The van der Waals surface area contributed by atoms with Gasteiger partial charge in [0.25, 0.3) is 5.91 Å². The molecule has 0 aliphatic carbocycles. The van der Waals surface area contributed by atoms with E-state index in [1.165, 1.54) is 0 Å². The van der Waals surface area contributed by atoms with Crippen LogP contribution >= 0.6 is 0 Å². The van der Waals surface area contributed by atoms with Gasteiger partial charge >= 0.3 is 0 Å². The Bertz CT molecular complexity index is 1770. The van der Waals surface area contributed by atoms with E-state index in [1.807, 2.05) is 72.8 Å². The average Bonchev–Trinajstić information content (AvgIpc) is 3.14. The Balaban J connectivity index is 1.41. The number of amides is 5. The summed E-state index contributed by atoms with van der Waals surface area (Å²) in [6.45, 7) is 0.682. The van der Waals surface area contributed by atoms with Gasteiger partial charge in [0, 0.05) is 38.3 Å². The molecule has 0 radical (unpaired) electrons. The highest BCUT2D eigenvalue weighted by molar-refractivity contribution is 6.01. The van der Waals surface area contributed by atoms with Crippen molar-refractivity contribution < 1.29 is 28.7 Å². The third kappa shape index (κ3) is 11.2. The van der Waals surface area contributed by atoms with Gasteiger partial charge in [0.1, 0.15) is 23.9 Å². The summed E-state index contributed by atoms with van der Waals surface area (Å²) in [4.78, 5) is 72.2. The third-order valence-corrected chi connectivity index (χ3v) is 8.33. The number of benzene rings is 3. The molecule has 0 spiro atoms. The second kappa shape index (κ2) is 18.6. The first kappa shape index (κ1) is 36.2. The van der Waals surface area contributed by atoms with Gasteiger partial charge in [0.05, 0.1) is 18.6 Å². The Hall–Kier alpha value is -6.04. The number of rotatable bonds is 8. The lowest BCUT2D eigenvalue weighted by atomic mass is 10.0. The third-order valence-electron chi connectivity index (χ3n) is 8.33. The molecule has 5 N–H and O–H groups in total. The van der Waals surface area contributed by atoms with E-state index >= 15 is 0 Å². The Labute approximate surface area is 296 Å². The monoisotopic (exact) mass is 690 g/mol. The van der Waals surface area contributed by atoms with E-state index in [9.17, 15) is 24.0 Å². The molecule has 12 heteroatoms. The minimum atomic E-state index is -1.28. The first-order valence-corrected chi connectivity index (χ1v) is 17.0. The lowest BCUT2D eigenvalue weighted by Gasteiger charge is -2.25. The summed E-state index contributed by atoms with van der Waals surface area (Å²) in [5, 5.41) is 14.0. The molecule has 0 bridgehead atoms. The molecule has 1 aliphatic rings. The fraction of sp³-hybridized carbons (Fsp3) is 0.282. The smallest absolute Gasteiger partial charge is 0.255 e. The van der Waals surface area contributed by atoms with Crippen LogP contribution in [0, 0.1) is 0 Å². The number of pyridine rings is 1. The zero-order chi connectivity index (χ0) is 35.8. The highest BCUT2D eigenvalue weighted by Crippen LogP contribution is 2.19. The average molecular weight is 691 g/mol. The summed E-state index contributed by atoms with van der Waals surface area (Å²) in [6, 6.07) is 25.4. The van der Waals surface area contributed by atoms with Crippen molar-refractivity contribution in [2.75, 3.05) is 19.7 Å². The van der Waals surface area contributed by atoms with Gasteiger partial charge in [-0.2, -0.15) is 0 Å². The molecule has 264 valence electrons. The number of fused-ring (bicyclic) bond motifs is 1. The van der Waals surface area contributed by atoms with Crippen molar-refractivity contribution in [1.29, 1.82) is 0 Å². The van der Waals surface area contributed by atoms with Crippen LogP contribution in [-0.2, 0) is 38.4 Å². The number of hydrogen-bond acceptors (Lipinski definition) is 7. The molecule has 4 aromatic rings. The molecule has 2 heterocycles. The molecule has 0 unspecified atom stereocenters. The number of nitrogens with zero attached hydrogens (tertiary/aromatic N) is 1. The number of aromatic nitrogens is 1. The lowest BCUT2D eigenvalue weighted by Crippen LogP contribution is -2.56. The maximum atomic E-state index is 13.9. The molecule has 1 aromatic heterocycles. The summed E-state index contributed by atoms with van der Waals surface area (Å²) >= 11 is 0. The quantitative estimate of drug-likeness (QED) is 0.189. The maximum absolute atomic E-state index is 13.9. The number of hydrogen-bond donors (Lipinski definition) is 5. The van der Waals surface area contributed by atoms with Gasteiger partial charge in [-0.1, -0.05) is 72.8 Å². The molecule has 0 saturated carbocycles. The maximum Gasteiger partial charge on any atom is 0.255 e. The van der Waals surface area contributed by atoms with E-state index in [4.69, 9.17) is 4.74 Å². The Kier molecular flexibility index (Phi) is 13.3. The molecule has 51 heavy (non-hydrogen) atoms. The van der Waals surface area contributed by atoms with E-state index < -0.39 is 48.2 Å². The predicted octanol–water partition coefficient (Wildman–Crippen LogP) is 2.28. The zero-order valence-corrected chi connectivity index (χ0v) is 28.2. The van der Waals surface area contributed by atoms with E-state index in [-0.39, 0.29) is 44.0 Å². The van der Waals surface area contributed by atoms with Gasteiger partial charge in [-0.05, 0) is 53.8 Å². The summed E-state index contributed by atoms with van der Waals surface area (Å²) in [6.07, 6.45) is 4.14. The standard InChI is InChI=1S/C39H42N6O6/c46-35-26-33(38(49)42-22-18-27-16-20-40-21-17-27)44-36(47)30-14-7-8-15-34(30)51-23-9-19-41-37(48)31(24-28-10-3-1-4-11-28)45-39(50)32(43-35)25-29-12-5-2-6-13-29/h1-8,10-17,20-21,31-33H,9,18-19,22-26H2,(H,41,48)(H,42,49)(H,43,46)(H,44,47)(H,45,50)/t31-,32-,33-/m0/s1. The fourth-order valence-corrected chi connectivity index (χ4v) is 5.65. The molecule has 1 aliphatic heterocycles. The highest BCUT2D eigenvalue weighted by Gasteiger charge is 2.30. The molecular formula is C39H42N6O6. The van der Waals surface area contributed by atoms with E-state index in [0.717, 1.165) is 16.7 Å². The number of para-hydroxylation sites is 1. The summed E-state index contributed by atoms with van der Waals surface area (Å²) < 4.78 is 5.91. The Morgan fingerprint density at radius 3 is 2.04 bits per heavy atom. The minimum absolute atomic E-state index is 0.123. The van der Waals surface area contributed by atoms with Crippen LogP contribution in [0.1, 0.15) is 39.9 Å². The zero-order valence-electron chi connectivity index (χ0n) is 28.2. The van der Waals surface area contributed by atoms with Crippen LogP contribution in [0.4, 0.5) is 0 Å². The molecule has 0 fully saturated rings. The summed E-state index contributed by atoms with van der Waals surface area (Å²) in [7, 11) is 0. The van der Waals surface area contributed by atoms with Gasteiger partial charge in [0.2, 0.25) is 23.6 Å². The van der Waals surface area contributed by atoms with Gasteiger partial charge in [-0.15, -0.1) is 0 Å². The lowest BCUT2D eigenvalue weighted by molar-refractivity contribution is -0.133. The molecular weight excluding hydrogens is 648 g/mol. The summed E-state index contributed by atoms with van der Waals surface area (Å²) in [5.41, 5.74) is 2.76. The highest BCUT2D eigenvalue weighted by atomic mass is 16.5. The molecule has 5 amide bonds. The van der Waals surface area contributed by atoms with Crippen molar-refractivity contribution in [2.24, 2.45) is 0 Å². The molecule has 3 atom stereocenters. The molecule has 3 aromatic carbocycles. The number of nitrogens with one attached hydrogen (secondary N) is 5. The van der Waals surface area contributed by atoms with Crippen LogP contribution < -0.4 is 31.3 Å². The van der Waals surface area contributed by atoms with E-state index in [0.29, 0.717) is 18.6 Å². The first-order chi connectivity index (χ1) is 24.9. The van der Waals surface area contributed by atoms with Gasteiger partial charge in [-0.25, -0.2) is 0 Å². The van der Waals surface area contributed by atoms with Crippen molar-refractivity contribution in [1.82, 2.24) is 31.6 Å². The van der Waals surface area contributed by atoms with Crippen LogP contribution in [0.25, 0.3) is 0 Å². The molecule has 5 rings (SSSR count). The van der Waals surface area contributed by atoms with Crippen LogP contribution in [0.15, 0.2) is 109 Å². The van der Waals surface area contributed by atoms with Crippen LogP contribution in [-0.4, -0.2) is 72.3 Å². The number of ether oxygens (including phenoxy) is 1. The second-order valence-electron chi connectivity index (χ2n) is 12.2. The topological polar surface area (TPSA) is 168 Å². The Morgan fingerprint density at radius 2 is 1.35 bits per heavy atom.